The zero-order valence-corrected chi connectivity index (χ0v) is 13.6. The molecule has 2 atom stereocenters. The second-order valence-corrected chi connectivity index (χ2v) is 6.86. The van der Waals surface area contributed by atoms with Crippen LogP contribution >= 0.6 is 0 Å². The maximum atomic E-state index is 12.2. The number of aliphatic hydroxyl groups excluding tert-OH is 1. The first kappa shape index (κ1) is 17.4. The van der Waals surface area contributed by atoms with Crippen molar-refractivity contribution >= 4 is 5.91 Å². The number of likely N-dealkylation sites (tertiary alicyclic amines) is 1. The molecule has 1 aliphatic heterocycles. The number of piperidine rings is 1. The normalized spacial score (nSPS) is 23.6. The predicted octanol–water partition coefficient (Wildman–Crippen LogP) is 1.88. The van der Waals surface area contributed by atoms with Gasteiger partial charge in [-0.3, -0.25) is 4.79 Å². The molecular formula is C16H32N2O2. The molecule has 0 aromatic rings. The third-order valence-corrected chi connectivity index (χ3v) is 3.93. The highest BCUT2D eigenvalue weighted by molar-refractivity contribution is 5.78. The van der Waals surface area contributed by atoms with Crippen molar-refractivity contribution in [2.24, 2.45) is 17.8 Å². The first-order chi connectivity index (χ1) is 9.43. The molecule has 1 aliphatic rings. The Kier molecular flexibility index (Phi) is 7.52. The fourth-order valence-electron chi connectivity index (χ4n) is 2.89. The molecule has 1 heterocycles. The van der Waals surface area contributed by atoms with Gasteiger partial charge >= 0.3 is 0 Å². The maximum absolute atomic E-state index is 12.2. The monoisotopic (exact) mass is 284 g/mol. The molecule has 1 amide bonds. The van der Waals surface area contributed by atoms with Gasteiger partial charge in [0.25, 0.3) is 0 Å². The summed E-state index contributed by atoms with van der Waals surface area (Å²) < 4.78 is 0. The van der Waals surface area contributed by atoms with Gasteiger partial charge in [-0.1, -0.05) is 27.7 Å². The highest BCUT2D eigenvalue weighted by Crippen LogP contribution is 2.23. The Labute approximate surface area is 123 Å². The van der Waals surface area contributed by atoms with E-state index in [-0.39, 0.29) is 18.4 Å². The predicted molar refractivity (Wildman–Crippen MR) is 82.5 cm³/mol. The number of aliphatic hydroxyl groups is 1. The standard InChI is InChI=1S/C16H32N2O2/c1-12(2)9-17-15-8-14(6-5-7-19)10-18(11-15)16(20)13(3)4/h12-15,17,19H,5-11H2,1-4H3. The number of hydrogen-bond donors (Lipinski definition) is 2. The molecule has 0 aromatic heterocycles. The van der Waals surface area contributed by atoms with Gasteiger partial charge in [0.15, 0.2) is 0 Å². The summed E-state index contributed by atoms with van der Waals surface area (Å²) in [5, 5.41) is 12.6. The minimum Gasteiger partial charge on any atom is -0.396 e. The highest BCUT2D eigenvalue weighted by atomic mass is 16.2. The number of carbonyl (C=O) groups is 1. The highest BCUT2D eigenvalue weighted by Gasteiger charge is 2.30. The van der Waals surface area contributed by atoms with Crippen molar-refractivity contribution in [1.29, 1.82) is 0 Å². The molecule has 0 saturated carbocycles. The van der Waals surface area contributed by atoms with Crippen molar-refractivity contribution in [2.75, 3.05) is 26.2 Å². The van der Waals surface area contributed by atoms with Crippen molar-refractivity contribution in [1.82, 2.24) is 10.2 Å². The van der Waals surface area contributed by atoms with E-state index in [9.17, 15) is 4.79 Å². The Bertz CT molecular complexity index is 292. The summed E-state index contributed by atoms with van der Waals surface area (Å²) in [5.41, 5.74) is 0. The van der Waals surface area contributed by atoms with Gasteiger partial charge in [-0.05, 0) is 37.6 Å². The number of nitrogens with zero attached hydrogens (tertiary/aromatic N) is 1. The van der Waals surface area contributed by atoms with Crippen molar-refractivity contribution in [3.8, 4) is 0 Å². The molecule has 2 N–H and O–H groups in total. The molecule has 0 aromatic carbocycles. The first-order valence-electron chi connectivity index (χ1n) is 8.07. The molecule has 0 aliphatic carbocycles. The van der Waals surface area contributed by atoms with E-state index in [2.05, 4.69) is 19.2 Å². The van der Waals surface area contributed by atoms with E-state index in [1.807, 2.05) is 18.7 Å². The summed E-state index contributed by atoms with van der Waals surface area (Å²) in [6, 6.07) is 0.401. The Morgan fingerprint density at radius 3 is 2.55 bits per heavy atom. The Hall–Kier alpha value is -0.610. The SMILES string of the molecule is CC(C)CNC1CC(CCCO)CN(C(=O)C(C)C)C1. The molecule has 4 nitrogen and oxygen atoms in total. The summed E-state index contributed by atoms with van der Waals surface area (Å²) in [5.74, 6) is 1.47. The van der Waals surface area contributed by atoms with Crippen LogP contribution in [0.15, 0.2) is 0 Å². The maximum Gasteiger partial charge on any atom is 0.225 e. The summed E-state index contributed by atoms with van der Waals surface area (Å²) in [4.78, 5) is 14.3. The molecule has 4 heteroatoms. The molecular weight excluding hydrogens is 252 g/mol. The van der Waals surface area contributed by atoms with E-state index < -0.39 is 0 Å². The fourth-order valence-corrected chi connectivity index (χ4v) is 2.89. The molecule has 118 valence electrons. The molecule has 2 unspecified atom stereocenters. The molecule has 1 fully saturated rings. The van der Waals surface area contributed by atoms with E-state index in [1.54, 1.807) is 0 Å². The fraction of sp³-hybridized carbons (Fsp3) is 0.938. The van der Waals surface area contributed by atoms with Crippen molar-refractivity contribution in [2.45, 2.75) is 53.0 Å². The third-order valence-electron chi connectivity index (χ3n) is 3.93. The molecule has 0 radical (unpaired) electrons. The van der Waals surface area contributed by atoms with Crippen LogP contribution in [0.5, 0.6) is 0 Å². The van der Waals surface area contributed by atoms with Crippen LogP contribution in [0.25, 0.3) is 0 Å². The van der Waals surface area contributed by atoms with Gasteiger partial charge in [0.2, 0.25) is 5.91 Å². The van der Waals surface area contributed by atoms with Gasteiger partial charge in [0.1, 0.15) is 0 Å². The third kappa shape index (κ3) is 5.80. The molecule has 0 bridgehead atoms. The molecule has 1 saturated heterocycles. The largest absolute Gasteiger partial charge is 0.396 e. The Morgan fingerprint density at radius 1 is 1.30 bits per heavy atom. The summed E-state index contributed by atoms with van der Waals surface area (Å²) in [6.45, 7) is 11.3. The first-order valence-corrected chi connectivity index (χ1v) is 8.07. The van der Waals surface area contributed by atoms with Gasteiger partial charge < -0.3 is 15.3 Å². The van der Waals surface area contributed by atoms with Gasteiger partial charge in [-0.25, -0.2) is 0 Å². The second kappa shape index (κ2) is 8.63. The van der Waals surface area contributed by atoms with Crippen LogP contribution < -0.4 is 5.32 Å². The second-order valence-electron chi connectivity index (χ2n) is 6.86. The van der Waals surface area contributed by atoms with Crippen LogP contribution in [0.1, 0.15) is 47.0 Å². The van der Waals surface area contributed by atoms with Crippen molar-refractivity contribution < 1.29 is 9.90 Å². The zero-order chi connectivity index (χ0) is 15.1. The topological polar surface area (TPSA) is 52.6 Å². The van der Waals surface area contributed by atoms with E-state index in [0.717, 1.165) is 38.9 Å². The number of hydrogen-bond acceptors (Lipinski definition) is 3. The average molecular weight is 284 g/mol. The Morgan fingerprint density at radius 2 is 2.00 bits per heavy atom. The van der Waals surface area contributed by atoms with Crippen molar-refractivity contribution in [3.63, 3.8) is 0 Å². The number of amides is 1. The van der Waals surface area contributed by atoms with E-state index in [1.165, 1.54) is 0 Å². The molecule has 1 rings (SSSR count). The number of rotatable bonds is 7. The summed E-state index contributed by atoms with van der Waals surface area (Å²) in [6.07, 6.45) is 2.97. The molecule has 20 heavy (non-hydrogen) atoms. The molecule has 0 spiro atoms. The smallest absolute Gasteiger partial charge is 0.225 e. The number of nitrogens with one attached hydrogen (secondary N) is 1. The quantitative estimate of drug-likeness (QED) is 0.750. The minimum absolute atomic E-state index is 0.0670. The van der Waals surface area contributed by atoms with Crippen LogP contribution in [0.4, 0.5) is 0 Å². The van der Waals surface area contributed by atoms with Gasteiger partial charge in [-0.2, -0.15) is 0 Å². The lowest BCUT2D eigenvalue weighted by Crippen LogP contribution is -2.52. The van der Waals surface area contributed by atoms with Crippen LogP contribution in [0.2, 0.25) is 0 Å². The lowest BCUT2D eigenvalue weighted by molar-refractivity contribution is -0.137. The van der Waals surface area contributed by atoms with Crippen LogP contribution in [0.3, 0.4) is 0 Å². The summed E-state index contributed by atoms with van der Waals surface area (Å²) >= 11 is 0. The summed E-state index contributed by atoms with van der Waals surface area (Å²) in [7, 11) is 0. The van der Waals surface area contributed by atoms with E-state index >= 15 is 0 Å². The minimum atomic E-state index is 0.0670. The van der Waals surface area contributed by atoms with Crippen LogP contribution in [-0.2, 0) is 4.79 Å². The van der Waals surface area contributed by atoms with Crippen LogP contribution in [0, 0.1) is 17.8 Å². The lowest BCUT2D eigenvalue weighted by atomic mass is 9.89. The van der Waals surface area contributed by atoms with E-state index in [0.29, 0.717) is 17.9 Å². The lowest BCUT2D eigenvalue weighted by Gasteiger charge is -2.39. The van der Waals surface area contributed by atoms with Crippen molar-refractivity contribution in [3.05, 3.63) is 0 Å². The van der Waals surface area contributed by atoms with Crippen LogP contribution in [-0.4, -0.2) is 48.2 Å². The van der Waals surface area contributed by atoms with Gasteiger partial charge in [0, 0.05) is 31.7 Å². The van der Waals surface area contributed by atoms with Gasteiger partial charge in [0.05, 0.1) is 0 Å². The number of carbonyl (C=O) groups excluding carboxylic acids is 1. The Balaban J connectivity index is 2.59. The zero-order valence-electron chi connectivity index (χ0n) is 13.6. The van der Waals surface area contributed by atoms with E-state index in [4.69, 9.17) is 5.11 Å². The average Bonchev–Trinajstić information content (AvgIpc) is 2.41. The van der Waals surface area contributed by atoms with Gasteiger partial charge in [-0.15, -0.1) is 0 Å².